The Morgan fingerprint density at radius 3 is 2.44 bits per heavy atom. The molecule has 2 rings (SSSR count). The Hall–Kier alpha value is -1.39. The van der Waals surface area contributed by atoms with Crippen molar-refractivity contribution in [1.82, 2.24) is 9.80 Å². The van der Waals surface area contributed by atoms with Gasteiger partial charge in [-0.1, -0.05) is 23.7 Å². The van der Waals surface area contributed by atoms with E-state index >= 15 is 0 Å². The SMILES string of the molecule is CCN1C(=O)/C(=C\c2ccc(Cl)cc2)N(C)C1=S. The van der Waals surface area contributed by atoms with E-state index in [-0.39, 0.29) is 5.91 Å². The normalized spacial score (nSPS) is 18.1. The zero-order valence-corrected chi connectivity index (χ0v) is 11.8. The van der Waals surface area contributed by atoms with Crippen LogP contribution in [0.4, 0.5) is 0 Å². The molecule has 3 nitrogen and oxygen atoms in total. The number of thiocarbonyl (C=S) groups is 1. The number of rotatable bonds is 2. The number of halogens is 1. The zero-order valence-electron chi connectivity index (χ0n) is 10.2. The Balaban J connectivity index is 2.36. The maximum Gasteiger partial charge on any atom is 0.276 e. The van der Waals surface area contributed by atoms with E-state index in [2.05, 4.69) is 0 Å². The molecule has 1 aromatic rings. The third-order valence-corrected chi connectivity index (χ3v) is 3.58. The van der Waals surface area contributed by atoms with E-state index in [0.29, 0.717) is 22.4 Å². The number of nitrogens with zero attached hydrogens (tertiary/aromatic N) is 2. The molecule has 0 saturated carbocycles. The molecule has 0 N–H and O–H groups in total. The van der Waals surface area contributed by atoms with Gasteiger partial charge in [-0.25, -0.2) is 0 Å². The van der Waals surface area contributed by atoms with Gasteiger partial charge in [-0.3, -0.25) is 9.69 Å². The van der Waals surface area contributed by atoms with Crippen LogP contribution in [0.15, 0.2) is 30.0 Å². The van der Waals surface area contributed by atoms with Crippen LogP contribution in [0.5, 0.6) is 0 Å². The van der Waals surface area contributed by atoms with E-state index < -0.39 is 0 Å². The fourth-order valence-electron chi connectivity index (χ4n) is 1.81. The summed E-state index contributed by atoms with van der Waals surface area (Å²) in [5.41, 5.74) is 1.51. The number of benzene rings is 1. The van der Waals surface area contributed by atoms with Crippen LogP contribution < -0.4 is 0 Å². The molecule has 1 aliphatic heterocycles. The van der Waals surface area contributed by atoms with Crippen LogP contribution in [0.3, 0.4) is 0 Å². The molecule has 0 radical (unpaired) electrons. The van der Waals surface area contributed by atoms with E-state index in [0.717, 1.165) is 5.56 Å². The lowest BCUT2D eigenvalue weighted by atomic mass is 10.2. The van der Waals surface area contributed by atoms with Gasteiger partial charge in [0, 0.05) is 18.6 Å². The number of hydrogen-bond donors (Lipinski definition) is 0. The van der Waals surface area contributed by atoms with Gasteiger partial charge in [0.05, 0.1) is 0 Å². The molecule has 18 heavy (non-hydrogen) atoms. The summed E-state index contributed by atoms with van der Waals surface area (Å²) in [5.74, 6) is -0.0556. The van der Waals surface area contributed by atoms with Crippen molar-refractivity contribution in [3.05, 3.63) is 40.5 Å². The summed E-state index contributed by atoms with van der Waals surface area (Å²) in [6.07, 6.45) is 1.82. The number of carbonyl (C=O) groups is 1. The summed E-state index contributed by atoms with van der Waals surface area (Å²) in [6.45, 7) is 2.49. The first-order chi connectivity index (χ1) is 8.54. The summed E-state index contributed by atoms with van der Waals surface area (Å²) >= 11 is 11.0. The maximum absolute atomic E-state index is 12.1. The fourth-order valence-corrected chi connectivity index (χ4v) is 2.24. The molecular formula is C13H13ClN2OS. The second-order valence-corrected chi connectivity index (χ2v) is 4.77. The smallest absolute Gasteiger partial charge is 0.276 e. The Labute approximate surface area is 117 Å². The van der Waals surface area contributed by atoms with Gasteiger partial charge in [-0.15, -0.1) is 0 Å². The van der Waals surface area contributed by atoms with Crippen molar-refractivity contribution in [3.8, 4) is 0 Å². The standard InChI is InChI=1S/C13H13ClN2OS/c1-3-16-12(17)11(15(2)13(16)18)8-9-4-6-10(14)7-5-9/h4-8H,3H2,1-2H3/b11-8+. The lowest BCUT2D eigenvalue weighted by Crippen LogP contribution is -2.30. The van der Waals surface area contributed by atoms with Gasteiger partial charge in [-0.2, -0.15) is 0 Å². The van der Waals surface area contributed by atoms with Crippen LogP contribution in [-0.4, -0.2) is 34.4 Å². The predicted molar refractivity (Wildman–Crippen MR) is 77.2 cm³/mol. The Bertz CT molecular complexity index is 524. The molecule has 1 heterocycles. The van der Waals surface area contributed by atoms with E-state index in [1.807, 2.05) is 25.1 Å². The molecule has 0 aromatic heterocycles. The first-order valence-corrected chi connectivity index (χ1v) is 6.40. The average molecular weight is 281 g/mol. The lowest BCUT2D eigenvalue weighted by Gasteiger charge is -2.13. The van der Waals surface area contributed by atoms with E-state index in [1.165, 1.54) is 0 Å². The first-order valence-electron chi connectivity index (χ1n) is 5.61. The molecule has 0 aliphatic carbocycles. The average Bonchev–Trinajstić information content (AvgIpc) is 2.56. The quantitative estimate of drug-likeness (QED) is 0.615. The van der Waals surface area contributed by atoms with Crippen LogP contribution in [0.2, 0.25) is 5.02 Å². The Kier molecular flexibility index (Phi) is 3.68. The summed E-state index contributed by atoms with van der Waals surface area (Å²) in [4.78, 5) is 15.4. The van der Waals surface area contributed by atoms with Crippen molar-refractivity contribution in [2.24, 2.45) is 0 Å². The summed E-state index contributed by atoms with van der Waals surface area (Å²) in [6, 6.07) is 7.33. The van der Waals surface area contributed by atoms with Crippen LogP contribution in [-0.2, 0) is 4.79 Å². The number of hydrogen-bond acceptors (Lipinski definition) is 2. The first kappa shape index (κ1) is 13.1. The van der Waals surface area contributed by atoms with Crippen LogP contribution in [0.1, 0.15) is 12.5 Å². The van der Waals surface area contributed by atoms with Crippen molar-refractivity contribution in [1.29, 1.82) is 0 Å². The van der Waals surface area contributed by atoms with E-state index in [4.69, 9.17) is 23.8 Å². The molecule has 5 heteroatoms. The van der Waals surface area contributed by atoms with E-state index in [1.54, 1.807) is 29.0 Å². The van der Waals surface area contributed by atoms with Crippen LogP contribution in [0, 0.1) is 0 Å². The van der Waals surface area contributed by atoms with Crippen molar-refractivity contribution < 1.29 is 4.79 Å². The third kappa shape index (κ3) is 2.26. The highest BCUT2D eigenvalue weighted by Gasteiger charge is 2.34. The largest absolute Gasteiger partial charge is 0.317 e. The minimum absolute atomic E-state index is 0.0556. The van der Waals surface area contributed by atoms with Gasteiger partial charge in [-0.05, 0) is 42.9 Å². The zero-order chi connectivity index (χ0) is 13.3. The van der Waals surface area contributed by atoms with Crippen molar-refractivity contribution >= 4 is 40.9 Å². The van der Waals surface area contributed by atoms with E-state index in [9.17, 15) is 4.79 Å². The molecular weight excluding hydrogens is 268 g/mol. The topological polar surface area (TPSA) is 23.6 Å². The van der Waals surface area contributed by atoms with Crippen molar-refractivity contribution in [2.75, 3.05) is 13.6 Å². The van der Waals surface area contributed by atoms with Crippen molar-refractivity contribution in [3.63, 3.8) is 0 Å². The third-order valence-electron chi connectivity index (χ3n) is 2.83. The molecule has 1 aromatic carbocycles. The number of likely N-dealkylation sites (N-methyl/N-ethyl adjacent to an activating group) is 2. The molecule has 0 bridgehead atoms. The Morgan fingerprint density at radius 2 is 1.94 bits per heavy atom. The molecule has 1 fully saturated rings. The molecule has 1 aliphatic rings. The van der Waals surface area contributed by atoms with Crippen LogP contribution >= 0.6 is 23.8 Å². The minimum atomic E-state index is -0.0556. The minimum Gasteiger partial charge on any atom is -0.317 e. The second-order valence-electron chi connectivity index (χ2n) is 3.97. The summed E-state index contributed by atoms with van der Waals surface area (Å²) < 4.78 is 0. The second kappa shape index (κ2) is 5.08. The summed E-state index contributed by atoms with van der Waals surface area (Å²) in [7, 11) is 1.80. The molecule has 0 unspecified atom stereocenters. The molecule has 1 amide bonds. The Morgan fingerprint density at radius 1 is 1.33 bits per heavy atom. The van der Waals surface area contributed by atoms with Gasteiger partial charge < -0.3 is 4.90 Å². The van der Waals surface area contributed by atoms with Gasteiger partial charge >= 0.3 is 0 Å². The van der Waals surface area contributed by atoms with Gasteiger partial charge in [0.25, 0.3) is 5.91 Å². The maximum atomic E-state index is 12.1. The molecule has 0 atom stereocenters. The molecule has 94 valence electrons. The number of carbonyl (C=O) groups excluding carboxylic acids is 1. The summed E-state index contributed by atoms with van der Waals surface area (Å²) in [5, 5.41) is 1.22. The monoisotopic (exact) mass is 280 g/mol. The number of amides is 1. The highest BCUT2D eigenvalue weighted by molar-refractivity contribution is 7.80. The molecule has 1 saturated heterocycles. The van der Waals surface area contributed by atoms with Gasteiger partial charge in [0.15, 0.2) is 5.11 Å². The predicted octanol–water partition coefficient (Wildman–Crippen LogP) is 2.76. The molecule has 0 spiro atoms. The highest BCUT2D eigenvalue weighted by atomic mass is 35.5. The fraction of sp³-hybridized carbons (Fsp3) is 0.231. The van der Waals surface area contributed by atoms with Gasteiger partial charge in [0.2, 0.25) is 0 Å². The van der Waals surface area contributed by atoms with Crippen LogP contribution in [0.25, 0.3) is 6.08 Å². The highest BCUT2D eigenvalue weighted by Crippen LogP contribution is 2.22. The van der Waals surface area contributed by atoms with Crippen molar-refractivity contribution in [2.45, 2.75) is 6.92 Å². The lowest BCUT2D eigenvalue weighted by molar-refractivity contribution is -0.122. The van der Waals surface area contributed by atoms with Gasteiger partial charge in [0.1, 0.15) is 5.70 Å².